The van der Waals surface area contributed by atoms with Crippen molar-refractivity contribution in [2.75, 3.05) is 11.1 Å². The van der Waals surface area contributed by atoms with Crippen LogP contribution in [-0.2, 0) is 9.84 Å². The lowest BCUT2D eigenvalue weighted by molar-refractivity contribution is 0.102. The quantitative estimate of drug-likeness (QED) is 0.674. The number of aromatic nitrogens is 1. The maximum atomic E-state index is 13.0. The number of nitrogens with zero attached hydrogens (tertiary/aromatic N) is 1. The number of ether oxygens (including phenoxy) is 1. The number of hydrogen-bond donors (Lipinski definition) is 1. The molecule has 0 spiro atoms. The van der Waals surface area contributed by atoms with Gasteiger partial charge >= 0.3 is 0 Å². The number of nitrogens with one attached hydrogen (secondary N) is 1. The fourth-order valence-electron chi connectivity index (χ4n) is 2.39. The second-order valence-corrected chi connectivity index (χ2v) is 8.08. The monoisotopic (exact) mass is 400 g/mol. The van der Waals surface area contributed by atoms with Gasteiger partial charge in [-0.05, 0) is 54.6 Å². The number of carbonyl (C=O) groups excluding carboxylic acids is 1. The van der Waals surface area contributed by atoms with Crippen LogP contribution in [0.3, 0.4) is 0 Å². The van der Waals surface area contributed by atoms with Gasteiger partial charge in [-0.3, -0.25) is 4.79 Å². The number of hydrogen-bond acceptors (Lipinski definition) is 5. The average Bonchev–Trinajstić information content (AvgIpc) is 2.70. The van der Waals surface area contributed by atoms with Gasteiger partial charge in [0.25, 0.3) is 5.91 Å². The number of anilines is 1. The van der Waals surface area contributed by atoms with Crippen molar-refractivity contribution in [1.82, 2.24) is 4.98 Å². The van der Waals surface area contributed by atoms with E-state index in [9.17, 15) is 17.6 Å². The highest BCUT2D eigenvalue weighted by molar-refractivity contribution is 7.91. The molecule has 1 heterocycles. The van der Waals surface area contributed by atoms with Crippen molar-refractivity contribution in [1.29, 1.82) is 0 Å². The van der Waals surface area contributed by atoms with Gasteiger partial charge in [-0.25, -0.2) is 17.8 Å². The van der Waals surface area contributed by atoms with Crippen LogP contribution in [0.2, 0.25) is 0 Å². The number of carbonyl (C=O) groups is 1. The molecular formula is C20H17FN2O4S. The summed E-state index contributed by atoms with van der Waals surface area (Å²) in [6.45, 7) is 1.56. The first kappa shape index (κ1) is 19.5. The molecule has 144 valence electrons. The molecule has 1 aromatic heterocycles. The molecule has 0 aliphatic heterocycles. The molecule has 0 saturated heterocycles. The molecule has 28 heavy (non-hydrogen) atoms. The molecule has 0 bridgehead atoms. The topological polar surface area (TPSA) is 85.4 Å². The van der Waals surface area contributed by atoms with Gasteiger partial charge in [-0.1, -0.05) is 13.0 Å². The number of pyridine rings is 1. The van der Waals surface area contributed by atoms with Crippen molar-refractivity contribution >= 4 is 21.4 Å². The molecule has 0 radical (unpaired) electrons. The molecule has 0 aliphatic rings. The van der Waals surface area contributed by atoms with Crippen LogP contribution in [0, 0.1) is 5.82 Å². The van der Waals surface area contributed by atoms with Gasteiger partial charge < -0.3 is 10.1 Å². The molecule has 2 aromatic carbocycles. The Morgan fingerprint density at radius 3 is 2.57 bits per heavy atom. The predicted molar refractivity (Wildman–Crippen MR) is 103 cm³/mol. The molecule has 3 rings (SSSR count). The van der Waals surface area contributed by atoms with Gasteiger partial charge in [-0.15, -0.1) is 0 Å². The van der Waals surface area contributed by atoms with Gasteiger partial charge in [0.2, 0.25) is 5.88 Å². The van der Waals surface area contributed by atoms with E-state index in [2.05, 4.69) is 10.3 Å². The van der Waals surface area contributed by atoms with Crippen LogP contribution >= 0.6 is 0 Å². The van der Waals surface area contributed by atoms with Crippen molar-refractivity contribution in [2.45, 2.75) is 11.8 Å². The summed E-state index contributed by atoms with van der Waals surface area (Å²) in [4.78, 5) is 16.8. The summed E-state index contributed by atoms with van der Waals surface area (Å²) in [6.07, 6.45) is 1.46. The Morgan fingerprint density at radius 2 is 1.86 bits per heavy atom. The first-order chi connectivity index (χ1) is 13.4. The second-order valence-electron chi connectivity index (χ2n) is 5.80. The largest absolute Gasteiger partial charge is 0.438 e. The molecule has 0 saturated carbocycles. The van der Waals surface area contributed by atoms with Crippen molar-refractivity contribution < 1.29 is 22.3 Å². The van der Waals surface area contributed by atoms with E-state index < -0.39 is 21.6 Å². The Balaban J connectivity index is 1.86. The summed E-state index contributed by atoms with van der Waals surface area (Å²) in [6, 6.07) is 14.4. The van der Waals surface area contributed by atoms with Gasteiger partial charge in [-0.2, -0.15) is 0 Å². The SMILES string of the molecule is CCS(=O)(=O)c1cccc(Oc2ncccc2C(=O)Nc2ccc(F)cc2)c1. The lowest BCUT2D eigenvalue weighted by Crippen LogP contribution is -2.13. The maximum Gasteiger partial charge on any atom is 0.261 e. The number of amides is 1. The zero-order chi connectivity index (χ0) is 20.1. The Morgan fingerprint density at radius 1 is 1.11 bits per heavy atom. The highest BCUT2D eigenvalue weighted by atomic mass is 32.2. The van der Waals surface area contributed by atoms with Crippen LogP contribution in [0.15, 0.2) is 71.8 Å². The van der Waals surface area contributed by atoms with Crippen LogP contribution in [0.5, 0.6) is 11.6 Å². The van der Waals surface area contributed by atoms with Crippen molar-refractivity contribution in [3.05, 3.63) is 78.2 Å². The van der Waals surface area contributed by atoms with Crippen LogP contribution in [0.4, 0.5) is 10.1 Å². The molecular weight excluding hydrogens is 383 g/mol. The Labute approximate surface area is 161 Å². The highest BCUT2D eigenvalue weighted by Gasteiger charge is 2.16. The van der Waals surface area contributed by atoms with E-state index >= 15 is 0 Å². The van der Waals surface area contributed by atoms with E-state index in [0.29, 0.717) is 5.69 Å². The van der Waals surface area contributed by atoms with E-state index in [-0.39, 0.29) is 27.8 Å². The molecule has 0 unspecified atom stereocenters. The van der Waals surface area contributed by atoms with Gasteiger partial charge in [0.1, 0.15) is 17.1 Å². The second kappa shape index (κ2) is 8.18. The summed E-state index contributed by atoms with van der Waals surface area (Å²) in [5, 5.41) is 2.63. The van der Waals surface area contributed by atoms with Crippen molar-refractivity contribution in [3.63, 3.8) is 0 Å². The van der Waals surface area contributed by atoms with Gasteiger partial charge in [0, 0.05) is 11.9 Å². The van der Waals surface area contributed by atoms with Crippen molar-refractivity contribution in [3.8, 4) is 11.6 Å². The number of rotatable bonds is 6. The van der Waals surface area contributed by atoms with E-state index in [1.807, 2.05) is 0 Å². The zero-order valence-electron chi connectivity index (χ0n) is 14.9. The summed E-state index contributed by atoms with van der Waals surface area (Å²) in [7, 11) is -3.39. The number of halogens is 1. The fraction of sp³-hybridized carbons (Fsp3) is 0.100. The third-order valence-electron chi connectivity index (χ3n) is 3.88. The zero-order valence-corrected chi connectivity index (χ0v) is 15.7. The third kappa shape index (κ3) is 4.52. The predicted octanol–water partition coefficient (Wildman–Crippen LogP) is 4.06. The minimum atomic E-state index is -3.39. The normalized spacial score (nSPS) is 11.1. The highest BCUT2D eigenvalue weighted by Crippen LogP contribution is 2.26. The molecule has 0 aliphatic carbocycles. The Bertz CT molecular complexity index is 1100. The van der Waals surface area contributed by atoms with Gasteiger partial charge in [0.05, 0.1) is 10.6 Å². The van der Waals surface area contributed by atoms with E-state index in [1.54, 1.807) is 25.1 Å². The van der Waals surface area contributed by atoms with Crippen LogP contribution in [-0.4, -0.2) is 25.1 Å². The molecule has 0 fully saturated rings. The van der Waals surface area contributed by atoms with Gasteiger partial charge in [0.15, 0.2) is 9.84 Å². The van der Waals surface area contributed by atoms with E-state index in [1.165, 1.54) is 48.7 Å². The van der Waals surface area contributed by atoms with E-state index in [4.69, 9.17) is 4.74 Å². The lowest BCUT2D eigenvalue weighted by Gasteiger charge is -2.11. The minimum absolute atomic E-state index is 0.0214. The average molecular weight is 400 g/mol. The fourth-order valence-corrected chi connectivity index (χ4v) is 3.30. The number of benzene rings is 2. The minimum Gasteiger partial charge on any atom is -0.438 e. The summed E-state index contributed by atoms with van der Waals surface area (Å²) in [5.74, 6) is -0.680. The maximum absolute atomic E-state index is 13.0. The van der Waals surface area contributed by atoms with E-state index in [0.717, 1.165) is 0 Å². The molecule has 1 amide bonds. The molecule has 1 N–H and O–H groups in total. The molecule has 0 atom stereocenters. The summed E-state index contributed by atoms with van der Waals surface area (Å²) < 4.78 is 42.8. The first-order valence-corrected chi connectivity index (χ1v) is 10.1. The molecule has 3 aromatic rings. The van der Waals surface area contributed by atoms with Crippen LogP contribution in [0.1, 0.15) is 17.3 Å². The third-order valence-corrected chi connectivity index (χ3v) is 5.61. The Kier molecular flexibility index (Phi) is 5.70. The smallest absolute Gasteiger partial charge is 0.261 e. The molecule has 6 nitrogen and oxygen atoms in total. The Hall–Kier alpha value is -3.26. The lowest BCUT2D eigenvalue weighted by atomic mass is 10.2. The molecule has 8 heteroatoms. The first-order valence-electron chi connectivity index (χ1n) is 8.41. The van der Waals surface area contributed by atoms with Crippen LogP contribution < -0.4 is 10.1 Å². The standard InChI is InChI=1S/C20H17FN2O4S/c1-2-28(25,26)17-6-3-5-16(13-17)27-20-18(7-4-12-22-20)19(24)23-15-10-8-14(21)9-11-15/h3-13H,2H2,1H3,(H,23,24). The van der Waals surface area contributed by atoms with Crippen molar-refractivity contribution in [2.24, 2.45) is 0 Å². The number of sulfone groups is 1. The summed E-state index contributed by atoms with van der Waals surface area (Å²) >= 11 is 0. The summed E-state index contributed by atoms with van der Waals surface area (Å²) in [5.41, 5.74) is 0.563. The van der Waals surface area contributed by atoms with Crippen LogP contribution in [0.25, 0.3) is 0 Å².